The summed E-state index contributed by atoms with van der Waals surface area (Å²) in [7, 11) is 0. The first kappa shape index (κ1) is 16.6. The number of thioether (sulfide) groups is 1. The van der Waals surface area contributed by atoms with Gasteiger partial charge in [-0.25, -0.2) is 0 Å². The van der Waals surface area contributed by atoms with Gasteiger partial charge in [0, 0.05) is 18.6 Å². The topological polar surface area (TPSA) is 21.3 Å². The van der Waals surface area contributed by atoms with Gasteiger partial charge in [0.05, 0.1) is 6.10 Å². The van der Waals surface area contributed by atoms with E-state index in [9.17, 15) is 0 Å². The van der Waals surface area contributed by atoms with Crippen molar-refractivity contribution in [3.8, 4) is 0 Å². The van der Waals surface area contributed by atoms with Crippen molar-refractivity contribution >= 4 is 11.8 Å². The molecule has 0 aromatic rings. The van der Waals surface area contributed by atoms with Crippen LogP contribution in [-0.4, -0.2) is 37.3 Å². The Morgan fingerprint density at radius 1 is 1.35 bits per heavy atom. The molecule has 0 spiro atoms. The summed E-state index contributed by atoms with van der Waals surface area (Å²) in [4.78, 5) is 0. The van der Waals surface area contributed by atoms with Crippen LogP contribution in [-0.2, 0) is 4.74 Å². The molecule has 2 unspecified atom stereocenters. The molecule has 0 amide bonds. The minimum atomic E-state index is 0.435. The summed E-state index contributed by atoms with van der Waals surface area (Å²) >= 11 is 2.08. The first-order chi connectivity index (χ1) is 9.68. The highest BCUT2D eigenvalue weighted by atomic mass is 32.2. The molecule has 2 rings (SSSR count). The molecule has 0 bridgehead atoms. The van der Waals surface area contributed by atoms with Crippen LogP contribution in [0.2, 0.25) is 0 Å². The number of rotatable bonds is 10. The van der Waals surface area contributed by atoms with Crippen molar-refractivity contribution < 1.29 is 4.74 Å². The Morgan fingerprint density at radius 3 is 2.80 bits per heavy atom. The van der Waals surface area contributed by atoms with Gasteiger partial charge in [0.2, 0.25) is 0 Å². The van der Waals surface area contributed by atoms with E-state index in [1.807, 2.05) is 0 Å². The number of ether oxygens (including phenoxy) is 1. The fraction of sp³-hybridized carbons (Fsp3) is 1.00. The van der Waals surface area contributed by atoms with Crippen molar-refractivity contribution in [2.45, 2.75) is 59.0 Å². The van der Waals surface area contributed by atoms with E-state index in [2.05, 4.69) is 37.8 Å². The third-order valence-corrected chi connectivity index (χ3v) is 5.73. The van der Waals surface area contributed by atoms with E-state index >= 15 is 0 Å². The van der Waals surface area contributed by atoms with E-state index in [0.717, 1.165) is 25.0 Å². The van der Waals surface area contributed by atoms with Crippen molar-refractivity contribution in [3.63, 3.8) is 0 Å². The predicted molar refractivity (Wildman–Crippen MR) is 89.5 cm³/mol. The van der Waals surface area contributed by atoms with Crippen molar-refractivity contribution in [2.75, 3.05) is 31.2 Å². The monoisotopic (exact) mass is 299 g/mol. The summed E-state index contributed by atoms with van der Waals surface area (Å²) in [5.74, 6) is 4.18. The Morgan fingerprint density at radius 2 is 2.15 bits per heavy atom. The zero-order valence-corrected chi connectivity index (χ0v) is 14.4. The normalized spacial score (nSPS) is 30.3. The summed E-state index contributed by atoms with van der Waals surface area (Å²) in [6.07, 6.45) is 7.34. The van der Waals surface area contributed by atoms with E-state index in [-0.39, 0.29) is 0 Å². The van der Waals surface area contributed by atoms with Crippen LogP contribution < -0.4 is 5.32 Å². The average Bonchev–Trinajstić information content (AvgIpc) is 3.17. The van der Waals surface area contributed by atoms with E-state index in [4.69, 9.17) is 4.74 Å². The largest absolute Gasteiger partial charge is 0.377 e. The molecular weight excluding hydrogens is 266 g/mol. The first-order valence-electron chi connectivity index (χ1n) is 8.58. The highest BCUT2D eigenvalue weighted by molar-refractivity contribution is 7.99. The van der Waals surface area contributed by atoms with Crippen LogP contribution in [0.5, 0.6) is 0 Å². The molecule has 1 heterocycles. The summed E-state index contributed by atoms with van der Waals surface area (Å²) in [5.41, 5.74) is 0.435. The number of hydrogen-bond donors (Lipinski definition) is 1. The lowest BCUT2D eigenvalue weighted by molar-refractivity contribution is 0.0261. The molecule has 1 saturated heterocycles. The van der Waals surface area contributed by atoms with Gasteiger partial charge in [-0.05, 0) is 62.0 Å². The molecule has 2 nitrogen and oxygen atoms in total. The smallest absolute Gasteiger partial charge is 0.0672 e. The van der Waals surface area contributed by atoms with Gasteiger partial charge in [0.1, 0.15) is 0 Å². The van der Waals surface area contributed by atoms with Gasteiger partial charge in [-0.15, -0.1) is 0 Å². The van der Waals surface area contributed by atoms with E-state index in [0.29, 0.717) is 11.5 Å². The van der Waals surface area contributed by atoms with Gasteiger partial charge < -0.3 is 10.1 Å². The first-order valence-corrected chi connectivity index (χ1v) is 9.73. The van der Waals surface area contributed by atoms with Crippen molar-refractivity contribution in [3.05, 3.63) is 0 Å². The van der Waals surface area contributed by atoms with Crippen molar-refractivity contribution in [2.24, 2.45) is 17.3 Å². The molecule has 0 aromatic carbocycles. The van der Waals surface area contributed by atoms with Crippen LogP contribution in [0.25, 0.3) is 0 Å². The van der Waals surface area contributed by atoms with Crippen LogP contribution in [0.4, 0.5) is 0 Å². The Kier molecular flexibility index (Phi) is 6.70. The van der Waals surface area contributed by atoms with Crippen LogP contribution in [0.3, 0.4) is 0 Å². The molecule has 3 heteroatoms. The molecule has 1 N–H and O–H groups in total. The molecule has 0 radical (unpaired) electrons. The summed E-state index contributed by atoms with van der Waals surface area (Å²) in [6, 6.07) is 0. The average molecular weight is 300 g/mol. The molecule has 1 aliphatic carbocycles. The lowest BCUT2D eigenvalue weighted by Gasteiger charge is -2.35. The van der Waals surface area contributed by atoms with Crippen LogP contribution in [0, 0.1) is 17.3 Å². The molecule has 1 saturated carbocycles. The Balaban J connectivity index is 1.87. The molecule has 20 heavy (non-hydrogen) atoms. The lowest BCUT2D eigenvalue weighted by atomic mass is 9.75. The Labute approximate surface area is 129 Å². The van der Waals surface area contributed by atoms with Crippen LogP contribution >= 0.6 is 11.8 Å². The number of nitrogens with one attached hydrogen (secondary N) is 1. The summed E-state index contributed by atoms with van der Waals surface area (Å²) in [6.45, 7) is 10.1. The van der Waals surface area contributed by atoms with Gasteiger partial charge >= 0.3 is 0 Å². The van der Waals surface area contributed by atoms with Gasteiger partial charge in [-0.1, -0.05) is 20.8 Å². The third-order valence-electron chi connectivity index (χ3n) is 4.75. The molecule has 2 atom stereocenters. The van der Waals surface area contributed by atoms with Gasteiger partial charge in [0.15, 0.2) is 0 Å². The Bertz CT molecular complexity index is 280. The van der Waals surface area contributed by atoms with E-state index in [1.54, 1.807) is 0 Å². The molecule has 0 aromatic heterocycles. The lowest BCUT2D eigenvalue weighted by Crippen LogP contribution is -2.43. The molecule has 2 fully saturated rings. The second kappa shape index (κ2) is 8.05. The maximum Gasteiger partial charge on any atom is 0.0672 e. The third kappa shape index (κ3) is 4.64. The highest BCUT2D eigenvalue weighted by Crippen LogP contribution is 2.50. The van der Waals surface area contributed by atoms with Crippen molar-refractivity contribution in [1.29, 1.82) is 0 Å². The molecular formula is C17H33NOS. The maximum atomic E-state index is 6.16. The number of hydrogen-bond acceptors (Lipinski definition) is 3. The van der Waals surface area contributed by atoms with E-state index < -0.39 is 0 Å². The van der Waals surface area contributed by atoms with Gasteiger partial charge in [-0.2, -0.15) is 11.8 Å². The molecule has 2 aliphatic rings. The summed E-state index contributed by atoms with van der Waals surface area (Å²) in [5, 5.41) is 3.73. The quantitative estimate of drug-likeness (QED) is 0.617. The zero-order chi connectivity index (χ0) is 14.4. The zero-order valence-electron chi connectivity index (χ0n) is 13.6. The second-order valence-electron chi connectivity index (χ2n) is 7.07. The highest BCUT2D eigenvalue weighted by Gasteiger charge is 2.50. The minimum Gasteiger partial charge on any atom is -0.377 e. The van der Waals surface area contributed by atoms with Gasteiger partial charge in [0.25, 0.3) is 0 Å². The standard InChI is InChI=1S/C17H33NOS/c1-4-20-11-5-8-17(13-18-12-14(2)3)9-10-19-16(17)15-6-7-15/h14-16,18H,4-13H2,1-3H3. The summed E-state index contributed by atoms with van der Waals surface area (Å²) < 4.78 is 6.16. The maximum absolute atomic E-state index is 6.16. The molecule has 118 valence electrons. The Hall–Kier alpha value is 0.270. The van der Waals surface area contributed by atoms with Gasteiger partial charge in [-0.3, -0.25) is 0 Å². The minimum absolute atomic E-state index is 0.435. The second-order valence-corrected chi connectivity index (χ2v) is 8.46. The predicted octanol–water partition coefficient (Wildman–Crippen LogP) is 3.95. The molecule has 1 aliphatic heterocycles. The fourth-order valence-corrected chi connectivity index (χ4v) is 4.21. The van der Waals surface area contributed by atoms with Crippen molar-refractivity contribution in [1.82, 2.24) is 5.32 Å². The van der Waals surface area contributed by atoms with Crippen LogP contribution in [0.1, 0.15) is 52.9 Å². The van der Waals surface area contributed by atoms with E-state index in [1.165, 1.54) is 50.2 Å². The fourth-order valence-electron chi connectivity index (χ4n) is 3.57. The van der Waals surface area contributed by atoms with Crippen LogP contribution in [0.15, 0.2) is 0 Å². The SMILES string of the molecule is CCSCCCC1(CNCC(C)C)CCOC1C1CC1.